The van der Waals surface area contributed by atoms with Crippen molar-refractivity contribution in [2.24, 2.45) is 0 Å². The third-order valence-corrected chi connectivity index (χ3v) is 9.08. The summed E-state index contributed by atoms with van der Waals surface area (Å²) in [7, 11) is 0. The summed E-state index contributed by atoms with van der Waals surface area (Å²) in [5.74, 6) is 2.12. The van der Waals surface area contributed by atoms with Gasteiger partial charge in [0, 0.05) is 24.1 Å². The number of hydrogen-bond donors (Lipinski definition) is 2. The lowest BCUT2D eigenvalue weighted by atomic mass is 9.84. The van der Waals surface area contributed by atoms with Crippen molar-refractivity contribution in [2.75, 3.05) is 17.6 Å². The van der Waals surface area contributed by atoms with Gasteiger partial charge in [0.15, 0.2) is 0 Å². The van der Waals surface area contributed by atoms with Crippen molar-refractivity contribution in [3.8, 4) is 11.5 Å². The average Bonchev–Trinajstić information content (AvgIpc) is 3.05. The first-order valence-electron chi connectivity index (χ1n) is 15.6. The molecule has 0 spiro atoms. The molecule has 2 N–H and O–H groups in total. The van der Waals surface area contributed by atoms with Crippen LogP contribution in [0.15, 0.2) is 140 Å². The molecule has 0 bridgehead atoms. The van der Waals surface area contributed by atoms with Gasteiger partial charge in [-0.05, 0) is 74.2 Å². The van der Waals surface area contributed by atoms with Gasteiger partial charge in [0.2, 0.25) is 0 Å². The summed E-state index contributed by atoms with van der Waals surface area (Å²) in [6.45, 7) is 8.15. The lowest BCUT2D eigenvalue weighted by Crippen LogP contribution is -2.45. The van der Waals surface area contributed by atoms with Crippen LogP contribution in [-0.2, 0) is 9.48 Å². The van der Waals surface area contributed by atoms with Crippen LogP contribution in [0, 0.1) is 6.92 Å². The lowest BCUT2D eigenvalue weighted by Gasteiger charge is -2.37. The second-order valence-electron chi connectivity index (χ2n) is 12.3. The molecule has 46 heavy (non-hydrogen) atoms. The van der Waals surface area contributed by atoms with Gasteiger partial charge in [0.05, 0.1) is 10.8 Å². The van der Waals surface area contributed by atoms with E-state index in [-0.39, 0.29) is 6.04 Å². The van der Waals surface area contributed by atoms with Crippen molar-refractivity contribution in [1.82, 2.24) is 5.32 Å². The number of ether oxygens (including phenoxy) is 2. The number of carbonyl (C=O) groups is 1. The zero-order chi connectivity index (χ0) is 32.4. The molecule has 0 aliphatic carbocycles. The Balaban J connectivity index is 1.43. The Labute approximate surface area is 277 Å². The SMILES string of the molecule is Cc1cccc(Oc2cccc(NC[C@H](CSC(c3ccccc3)(c3ccccc3)c3ccccc3)NC(=O)OC(C)(C)C)c2)c1. The molecule has 0 fully saturated rings. The van der Waals surface area contributed by atoms with E-state index in [2.05, 4.69) is 83.4 Å². The van der Waals surface area contributed by atoms with E-state index in [0.717, 1.165) is 22.7 Å². The fourth-order valence-electron chi connectivity index (χ4n) is 5.35. The number of alkyl carbamates (subject to hydrolysis) is 1. The van der Waals surface area contributed by atoms with Gasteiger partial charge < -0.3 is 20.1 Å². The summed E-state index contributed by atoms with van der Waals surface area (Å²) in [6, 6.07) is 47.3. The van der Waals surface area contributed by atoms with Crippen molar-refractivity contribution in [1.29, 1.82) is 0 Å². The maximum absolute atomic E-state index is 13.1. The number of carbonyl (C=O) groups excluding carboxylic acids is 1. The maximum atomic E-state index is 13.1. The molecule has 0 unspecified atom stereocenters. The van der Waals surface area contributed by atoms with Gasteiger partial charge in [-0.3, -0.25) is 0 Å². The van der Waals surface area contributed by atoms with Crippen LogP contribution in [-0.4, -0.2) is 30.0 Å². The smallest absolute Gasteiger partial charge is 0.407 e. The number of thioether (sulfide) groups is 1. The van der Waals surface area contributed by atoms with E-state index in [1.165, 1.54) is 16.7 Å². The van der Waals surface area contributed by atoms with Crippen LogP contribution >= 0.6 is 11.8 Å². The predicted molar refractivity (Wildman–Crippen MR) is 191 cm³/mol. The summed E-state index contributed by atoms with van der Waals surface area (Å²) in [4.78, 5) is 13.1. The minimum atomic E-state index is -0.613. The number of nitrogens with one attached hydrogen (secondary N) is 2. The van der Waals surface area contributed by atoms with Crippen LogP contribution in [0.4, 0.5) is 10.5 Å². The summed E-state index contributed by atoms with van der Waals surface area (Å²) in [6.07, 6.45) is -0.443. The van der Waals surface area contributed by atoms with Crippen LogP contribution in [0.2, 0.25) is 0 Å². The fraction of sp³-hybridized carbons (Fsp3) is 0.225. The number of anilines is 1. The first kappa shape index (κ1) is 32.7. The molecule has 1 amide bonds. The van der Waals surface area contributed by atoms with Crippen molar-refractivity contribution >= 4 is 23.5 Å². The molecule has 5 aromatic rings. The highest BCUT2D eigenvalue weighted by molar-refractivity contribution is 8.00. The third-order valence-electron chi connectivity index (χ3n) is 7.37. The summed E-state index contributed by atoms with van der Waals surface area (Å²) >= 11 is 1.80. The predicted octanol–water partition coefficient (Wildman–Crippen LogP) is 9.82. The first-order chi connectivity index (χ1) is 22.2. The number of aryl methyl sites for hydroxylation is 1. The molecule has 0 aliphatic heterocycles. The highest BCUT2D eigenvalue weighted by atomic mass is 32.2. The molecule has 0 saturated heterocycles. The van der Waals surface area contributed by atoms with Gasteiger partial charge in [-0.1, -0.05) is 109 Å². The molecule has 1 atom stereocenters. The normalized spacial score (nSPS) is 12.2. The van der Waals surface area contributed by atoms with E-state index in [1.807, 2.05) is 94.4 Å². The van der Waals surface area contributed by atoms with Gasteiger partial charge in [0.25, 0.3) is 0 Å². The Hall–Kier alpha value is -4.68. The lowest BCUT2D eigenvalue weighted by molar-refractivity contribution is 0.0512. The molecule has 236 valence electrons. The number of benzene rings is 5. The van der Waals surface area contributed by atoms with E-state index < -0.39 is 16.4 Å². The van der Waals surface area contributed by atoms with Crippen LogP contribution in [0.5, 0.6) is 11.5 Å². The molecule has 0 saturated carbocycles. The second kappa shape index (κ2) is 15.1. The third kappa shape index (κ3) is 8.73. The first-order valence-corrected chi connectivity index (χ1v) is 16.6. The van der Waals surface area contributed by atoms with Crippen molar-refractivity contribution < 1.29 is 14.3 Å². The molecule has 0 aromatic heterocycles. The molecule has 0 radical (unpaired) electrons. The van der Waals surface area contributed by atoms with Crippen molar-refractivity contribution in [2.45, 2.75) is 44.1 Å². The maximum Gasteiger partial charge on any atom is 0.407 e. The highest BCUT2D eigenvalue weighted by Crippen LogP contribution is 2.48. The molecule has 0 heterocycles. The van der Waals surface area contributed by atoms with Crippen LogP contribution < -0.4 is 15.4 Å². The number of rotatable bonds is 12. The van der Waals surface area contributed by atoms with Gasteiger partial charge >= 0.3 is 6.09 Å². The van der Waals surface area contributed by atoms with Crippen LogP contribution in [0.3, 0.4) is 0 Å². The van der Waals surface area contributed by atoms with Gasteiger partial charge in [0.1, 0.15) is 17.1 Å². The van der Waals surface area contributed by atoms with Crippen LogP contribution in [0.1, 0.15) is 43.0 Å². The monoisotopic (exact) mass is 630 g/mol. The number of amides is 1. The molecular formula is C40H42N2O3S. The summed E-state index contributed by atoms with van der Waals surface area (Å²) < 4.78 is 11.3. The quantitative estimate of drug-likeness (QED) is 0.134. The largest absolute Gasteiger partial charge is 0.457 e. The van der Waals surface area contributed by atoms with Crippen molar-refractivity contribution in [3.63, 3.8) is 0 Å². The van der Waals surface area contributed by atoms with Gasteiger partial charge in [-0.25, -0.2) is 4.79 Å². The van der Waals surface area contributed by atoms with E-state index in [0.29, 0.717) is 12.3 Å². The standard InChI is InChI=1S/C40H42N2O3S/c1-30-16-14-24-36(26-30)44-37-25-15-23-34(27-37)41-28-35(42-38(43)45-39(2,3)4)29-46-40(31-17-8-5-9-18-31,32-19-10-6-11-20-32)33-21-12-7-13-22-33/h5-27,35,41H,28-29H2,1-4H3,(H,42,43)/t35-/m1/s1. The van der Waals surface area contributed by atoms with Gasteiger partial charge in [-0.15, -0.1) is 11.8 Å². The topological polar surface area (TPSA) is 59.6 Å². The molecule has 6 heteroatoms. The average molecular weight is 631 g/mol. The molecule has 5 aromatic carbocycles. The van der Waals surface area contributed by atoms with Gasteiger partial charge in [-0.2, -0.15) is 0 Å². The molecule has 0 aliphatic rings. The van der Waals surface area contributed by atoms with E-state index in [1.54, 1.807) is 11.8 Å². The fourth-order valence-corrected chi connectivity index (χ4v) is 6.91. The van der Waals surface area contributed by atoms with Crippen LogP contribution in [0.25, 0.3) is 0 Å². The van der Waals surface area contributed by atoms with E-state index in [4.69, 9.17) is 9.47 Å². The minimum Gasteiger partial charge on any atom is -0.457 e. The second-order valence-corrected chi connectivity index (χ2v) is 13.5. The zero-order valence-electron chi connectivity index (χ0n) is 26.9. The zero-order valence-corrected chi connectivity index (χ0v) is 27.7. The highest BCUT2D eigenvalue weighted by Gasteiger charge is 2.37. The summed E-state index contributed by atoms with van der Waals surface area (Å²) in [5, 5.41) is 6.70. The number of hydrogen-bond acceptors (Lipinski definition) is 5. The Morgan fingerprint density at radius 1 is 0.696 bits per heavy atom. The molecule has 5 rings (SSSR count). The summed E-state index contributed by atoms with van der Waals surface area (Å²) in [5.41, 5.74) is 4.93. The minimum absolute atomic E-state index is 0.267. The molecular weight excluding hydrogens is 589 g/mol. The van der Waals surface area contributed by atoms with E-state index in [9.17, 15) is 4.79 Å². The molecule has 5 nitrogen and oxygen atoms in total. The Morgan fingerprint density at radius 2 is 1.22 bits per heavy atom. The Kier molecular flexibility index (Phi) is 10.7. The Bertz CT molecular complexity index is 1590. The Morgan fingerprint density at radius 3 is 1.74 bits per heavy atom. The van der Waals surface area contributed by atoms with E-state index >= 15 is 0 Å². The van der Waals surface area contributed by atoms with Crippen molar-refractivity contribution in [3.05, 3.63) is 162 Å².